The lowest BCUT2D eigenvalue weighted by atomic mass is 10.2. The molecule has 130 valence electrons. The molecule has 1 heterocycles. The van der Waals surface area contributed by atoms with Crippen LogP contribution in [0, 0.1) is 6.92 Å². The van der Waals surface area contributed by atoms with E-state index in [0.717, 1.165) is 28.1 Å². The van der Waals surface area contributed by atoms with Crippen molar-refractivity contribution >= 4 is 20.9 Å². The average molecular weight is 362 g/mol. The van der Waals surface area contributed by atoms with Crippen molar-refractivity contribution < 1.29 is 8.42 Å². The van der Waals surface area contributed by atoms with Crippen molar-refractivity contribution in [2.45, 2.75) is 11.8 Å². The maximum atomic E-state index is 11.7. The lowest BCUT2D eigenvalue weighted by molar-refractivity contribution is 0.602. The Labute approximate surface area is 152 Å². The molecule has 1 aromatic heterocycles. The van der Waals surface area contributed by atoms with E-state index in [9.17, 15) is 8.42 Å². The van der Waals surface area contributed by atoms with E-state index in [0.29, 0.717) is 4.90 Å². The van der Waals surface area contributed by atoms with Crippen LogP contribution < -0.4 is 0 Å². The number of sulfone groups is 1. The number of aromatic nitrogens is 2. The summed E-state index contributed by atoms with van der Waals surface area (Å²) >= 11 is 0. The summed E-state index contributed by atoms with van der Waals surface area (Å²) in [6.45, 7) is 2.06. The molecule has 0 N–H and O–H groups in total. The molecule has 0 fully saturated rings. The number of para-hydroxylation sites is 2. The van der Waals surface area contributed by atoms with Crippen LogP contribution in [0.2, 0.25) is 0 Å². The van der Waals surface area contributed by atoms with Crippen molar-refractivity contribution in [3.8, 4) is 17.1 Å². The lowest BCUT2D eigenvalue weighted by Crippen LogP contribution is -1.99. The third kappa shape index (κ3) is 2.91. The van der Waals surface area contributed by atoms with Gasteiger partial charge in [0.25, 0.3) is 0 Å². The number of hydrogen-bond donors (Lipinski definition) is 0. The normalized spacial score (nSPS) is 11.8. The molecule has 26 heavy (non-hydrogen) atoms. The van der Waals surface area contributed by atoms with Crippen LogP contribution in [0.3, 0.4) is 0 Å². The zero-order valence-electron chi connectivity index (χ0n) is 14.5. The number of benzene rings is 3. The van der Waals surface area contributed by atoms with E-state index in [4.69, 9.17) is 4.98 Å². The number of nitrogens with zero attached hydrogens (tertiary/aromatic N) is 2. The molecule has 0 aliphatic carbocycles. The second-order valence-corrected chi connectivity index (χ2v) is 8.41. The molecule has 4 aromatic rings. The summed E-state index contributed by atoms with van der Waals surface area (Å²) in [6, 6.07) is 23.1. The fourth-order valence-electron chi connectivity index (χ4n) is 3.10. The van der Waals surface area contributed by atoms with Gasteiger partial charge in [-0.05, 0) is 61.0 Å². The van der Waals surface area contributed by atoms with E-state index in [2.05, 4.69) is 29.7 Å². The van der Waals surface area contributed by atoms with E-state index in [1.807, 2.05) is 42.5 Å². The van der Waals surface area contributed by atoms with Gasteiger partial charge in [-0.3, -0.25) is 4.57 Å². The second kappa shape index (κ2) is 6.11. The quantitative estimate of drug-likeness (QED) is 0.543. The van der Waals surface area contributed by atoms with E-state index in [1.54, 1.807) is 12.1 Å². The summed E-state index contributed by atoms with van der Waals surface area (Å²) < 4.78 is 25.6. The van der Waals surface area contributed by atoms with Crippen molar-refractivity contribution in [1.82, 2.24) is 9.55 Å². The summed E-state index contributed by atoms with van der Waals surface area (Å²) in [7, 11) is -3.22. The minimum Gasteiger partial charge on any atom is -0.292 e. The van der Waals surface area contributed by atoms with Gasteiger partial charge in [-0.1, -0.05) is 24.3 Å². The zero-order valence-corrected chi connectivity index (χ0v) is 15.4. The third-order valence-corrected chi connectivity index (χ3v) is 5.49. The van der Waals surface area contributed by atoms with E-state index in [-0.39, 0.29) is 0 Å². The summed E-state index contributed by atoms with van der Waals surface area (Å²) in [5, 5.41) is 0. The Bertz CT molecular complexity index is 1210. The molecule has 4 rings (SSSR count). The highest BCUT2D eigenvalue weighted by Gasteiger charge is 2.15. The van der Waals surface area contributed by atoms with Crippen molar-refractivity contribution in [3.63, 3.8) is 0 Å². The summed E-state index contributed by atoms with van der Waals surface area (Å²) in [4.78, 5) is 5.10. The van der Waals surface area contributed by atoms with Crippen molar-refractivity contribution in [1.29, 1.82) is 0 Å². The highest BCUT2D eigenvalue weighted by molar-refractivity contribution is 7.90. The molecule has 5 heteroatoms. The average Bonchev–Trinajstić information content (AvgIpc) is 3.00. The Hall–Kier alpha value is -2.92. The monoisotopic (exact) mass is 362 g/mol. The molecule has 4 nitrogen and oxygen atoms in total. The molecule has 0 spiro atoms. The van der Waals surface area contributed by atoms with Gasteiger partial charge in [0.2, 0.25) is 0 Å². The fraction of sp³-hybridized carbons (Fsp3) is 0.0952. The number of rotatable bonds is 3. The fourth-order valence-corrected chi connectivity index (χ4v) is 3.73. The van der Waals surface area contributed by atoms with Gasteiger partial charge in [0.1, 0.15) is 5.82 Å². The minimum atomic E-state index is -3.22. The Morgan fingerprint density at radius 2 is 1.62 bits per heavy atom. The smallest absolute Gasteiger partial charge is 0.175 e. The van der Waals surface area contributed by atoms with E-state index >= 15 is 0 Å². The van der Waals surface area contributed by atoms with Crippen LogP contribution in [0.15, 0.2) is 77.7 Å². The Balaban J connectivity index is 1.97. The second-order valence-electron chi connectivity index (χ2n) is 6.40. The molecular formula is C21H18N2O2S. The zero-order chi connectivity index (χ0) is 18.3. The molecule has 0 atom stereocenters. The minimum absolute atomic E-state index is 0.305. The molecule has 0 bridgehead atoms. The maximum absolute atomic E-state index is 11.7. The molecule has 0 unspecified atom stereocenters. The van der Waals surface area contributed by atoms with Gasteiger partial charge in [-0.25, -0.2) is 13.4 Å². The van der Waals surface area contributed by atoms with Crippen LogP contribution in [0.25, 0.3) is 28.1 Å². The Morgan fingerprint density at radius 3 is 2.31 bits per heavy atom. The first-order chi connectivity index (χ1) is 12.4. The predicted octanol–water partition coefficient (Wildman–Crippen LogP) is 4.40. The molecule has 0 aliphatic rings. The molecule has 0 radical (unpaired) electrons. The largest absolute Gasteiger partial charge is 0.292 e. The Morgan fingerprint density at radius 1 is 0.885 bits per heavy atom. The van der Waals surface area contributed by atoms with Gasteiger partial charge in [0.05, 0.1) is 15.9 Å². The molecule has 3 aromatic carbocycles. The Kier molecular flexibility index (Phi) is 3.89. The van der Waals surface area contributed by atoms with Crippen molar-refractivity contribution in [3.05, 3.63) is 78.4 Å². The molecule has 0 amide bonds. The van der Waals surface area contributed by atoms with Crippen molar-refractivity contribution in [2.75, 3.05) is 6.26 Å². The van der Waals surface area contributed by atoms with Gasteiger partial charge in [-0.15, -0.1) is 0 Å². The summed E-state index contributed by atoms with van der Waals surface area (Å²) in [6.07, 6.45) is 1.21. The van der Waals surface area contributed by atoms with E-state index in [1.165, 1.54) is 11.8 Å². The molecule has 0 aliphatic heterocycles. The first-order valence-electron chi connectivity index (χ1n) is 8.28. The first kappa shape index (κ1) is 16.5. The third-order valence-electron chi connectivity index (χ3n) is 4.36. The van der Waals surface area contributed by atoms with Crippen LogP contribution in [0.4, 0.5) is 0 Å². The summed E-state index contributed by atoms with van der Waals surface area (Å²) in [5.74, 6) is 0.789. The summed E-state index contributed by atoms with van der Waals surface area (Å²) in [5.41, 5.74) is 4.98. The number of fused-ring (bicyclic) bond motifs is 1. The highest BCUT2D eigenvalue weighted by Crippen LogP contribution is 2.29. The van der Waals surface area contributed by atoms with Gasteiger partial charge >= 0.3 is 0 Å². The van der Waals surface area contributed by atoms with Crippen LogP contribution in [0.5, 0.6) is 0 Å². The SMILES string of the molecule is Cc1cccc(-n2c(-c3ccc(S(C)(=O)=O)cc3)nc3ccccc32)c1. The van der Waals surface area contributed by atoms with Crippen LogP contribution >= 0.6 is 0 Å². The van der Waals surface area contributed by atoms with Gasteiger partial charge in [0, 0.05) is 17.5 Å². The van der Waals surface area contributed by atoms with Crippen LogP contribution in [-0.4, -0.2) is 24.2 Å². The van der Waals surface area contributed by atoms with E-state index < -0.39 is 9.84 Å². The van der Waals surface area contributed by atoms with Crippen LogP contribution in [-0.2, 0) is 9.84 Å². The molecule has 0 saturated carbocycles. The van der Waals surface area contributed by atoms with Gasteiger partial charge < -0.3 is 0 Å². The highest BCUT2D eigenvalue weighted by atomic mass is 32.2. The van der Waals surface area contributed by atoms with Gasteiger partial charge in [-0.2, -0.15) is 0 Å². The maximum Gasteiger partial charge on any atom is 0.175 e. The van der Waals surface area contributed by atoms with Crippen molar-refractivity contribution in [2.24, 2.45) is 0 Å². The standard InChI is InChI=1S/C21H18N2O2S/c1-15-6-5-7-17(14-15)23-20-9-4-3-8-19(20)22-21(23)16-10-12-18(13-11-16)26(2,24)25/h3-14H,1-2H3. The van der Waals surface area contributed by atoms with Gasteiger partial charge in [0.15, 0.2) is 9.84 Å². The number of aryl methyl sites for hydroxylation is 1. The molecular weight excluding hydrogens is 344 g/mol. The topological polar surface area (TPSA) is 52.0 Å². The lowest BCUT2D eigenvalue weighted by Gasteiger charge is -2.10. The number of imidazole rings is 1. The van der Waals surface area contributed by atoms with Crippen LogP contribution in [0.1, 0.15) is 5.56 Å². The first-order valence-corrected chi connectivity index (χ1v) is 10.2. The molecule has 0 saturated heterocycles. The number of hydrogen-bond acceptors (Lipinski definition) is 3. The predicted molar refractivity (Wildman–Crippen MR) is 104 cm³/mol.